The Morgan fingerprint density at radius 1 is 0.960 bits per heavy atom. The van der Waals surface area contributed by atoms with Gasteiger partial charge in [0.2, 0.25) is 0 Å². The van der Waals surface area contributed by atoms with Gasteiger partial charge in [-0.3, -0.25) is 4.90 Å². The van der Waals surface area contributed by atoms with Gasteiger partial charge in [0.15, 0.2) is 0 Å². The highest BCUT2D eigenvalue weighted by Crippen LogP contribution is 2.39. The number of nitrogens with one attached hydrogen (secondary N) is 1. The molecule has 1 aliphatic rings. The number of hydrogen-bond donors (Lipinski definition) is 1. The largest absolute Gasteiger partial charge is 0.416 e. The van der Waals surface area contributed by atoms with Crippen LogP contribution in [0.25, 0.3) is 0 Å². The van der Waals surface area contributed by atoms with Gasteiger partial charge in [0.05, 0.1) is 11.1 Å². The first-order chi connectivity index (χ1) is 11.6. The Balaban J connectivity index is 2.46. The average molecular weight is 368 g/mol. The summed E-state index contributed by atoms with van der Waals surface area (Å²) in [5.74, 6) is 0. The van der Waals surface area contributed by atoms with Crippen LogP contribution in [-0.4, -0.2) is 31.1 Å². The molecule has 1 heterocycles. The number of rotatable bonds is 5. The maximum absolute atomic E-state index is 13.1. The third-order valence-corrected chi connectivity index (χ3v) is 4.42. The zero-order valence-electron chi connectivity index (χ0n) is 14.0. The maximum Gasteiger partial charge on any atom is 0.416 e. The van der Waals surface area contributed by atoms with Crippen molar-refractivity contribution >= 4 is 0 Å². The van der Waals surface area contributed by atoms with E-state index in [4.69, 9.17) is 0 Å². The van der Waals surface area contributed by atoms with Crippen LogP contribution < -0.4 is 5.32 Å². The van der Waals surface area contributed by atoms with Gasteiger partial charge in [-0.25, -0.2) is 0 Å². The van der Waals surface area contributed by atoms with Gasteiger partial charge < -0.3 is 5.32 Å². The quantitative estimate of drug-likeness (QED) is 0.747. The van der Waals surface area contributed by atoms with Gasteiger partial charge in [-0.15, -0.1) is 0 Å². The van der Waals surface area contributed by atoms with Crippen LogP contribution >= 0.6 is 0 Å². The Morgan fingerprint density at radius 3 is 1.92 bits per heavy atom. The lowest BCUT2D eigenvalue weighted by Gasteiger charge is -2.36. The molecular weight excluding hydrogens is 346 g/mol. The molecule has 1 aromatic carbocycles. The van der Waals surface area contributed by atoms with Gasteiger partial charge in [-0.1, -0.05) is 19.8 Å². The first kappa shape index (κ1) is 20.0. The van der Waals surface area contributed by atoms with E-state index in [-0.39, 0.29) is 11.6 Å². The third-order valence-electron chi connectivity index (χ3n) is 4.42. The van der Waals surface area contributed by atoms with Crippen molar-refractivity contribution in [2.45, 2.75) is 44.6 Å². The number of hydrogen-bond acceptors (Lipinski definition) is 2. The fraction of sp³-hybridized carbons (Fsp3) is 0.647. The Bertz CT molecular complexity index is 529. The zero-order chi connectivity index (χ0) is 18.7. The first-order valence-electron chi connectivity index (χ1n) is 8.37. The van der Waals surface area contributed by atoms with Crippen molar-refractivity contribution in [1.82, 2.24) is 10.2 Å². The summed E-state index contributed by atoms with van der Waals surface area (Å²) >= 11 is 0. The molecule has 8 heteroatoms. The molecule has 142 valence electrons. The monoisotopic (exact) mass is 368 g/mol. The normalized spacial score (nSPS) is 18.4. The second-order valence-corrected chi connectivity index (χ2v) is 6.28. The molecule has 25 heavy (non-hydrogen) atoms. The molecule has 1 aromatic rings. The van der Waals surface area contributed by atoms with E-state index in [1.807, 2.05) is 11.8 Å². The number of unbranched alkanes of at least 4 members (excludes halogenated alkanes) is 1. The molecule has 1 aliphatic heterocycles. The van der Waals surface area contributed by atoms with Gasteiger partial charge in [0.25, 0.3) is 0 Å². The van der Waals surface area contributed by atoms with Crippen molar-refractivity contribution in [2.75, 3.05) is 26.2 Å². The molecule has 0 spiro atoms. The van der Waals surface area contributed by atoms with Gasteiger partial charge in [-0.05, 0) is 30.2 Å². The van der Waals surface area contributed by atoms with Gasteiger partial charge in [0.1, 0.15) is 0 Å². The topological polar surface area (TPSA) is 15.3 Å². The fourth-order valence-corrected chi connectivity index (χ4v) is 3.12. The van der Waals surface area contributed by atoms with Crippen LogP contribution in [-0.2, 0) is 12.4 Å². The summed E-state index contributed by atoms with van der Waals surface area (Å²) in [7, 11) is 0. The molecule has 0 radical (unpaired) electrons. The van der Waals surface area contributed by atoms with Crippen molar-refractivity contribution in [2.24, 2.45) is 0 Å². The summed E-state index contributed by atoms with van der Waals surface area (Å²) in [4.78, 5) is 1.97. The highest BCUT2D eigenvalue weighted by molar-refractivity contribution is 5.35. The molecule has 0 amide bonds. The van der Waals surface area contributed by atoms with Crippen LogP contribution in [0, 0.1) is 0 Å². The van der Waals surface area contributed by atoms with Crippen LogP contribution in [0.15, 0.2) is 18.2 Å². The van der Waals surface area contributed by atoms with Crippen LogP contribution in [0.4, 0.5) is 26.3 Å². The molecule has 0 saturated carbocycles. The van der Waals surface area contributed by atoms with Crippen molar-refractivity contribution in [3.8, 4) is 0 Å². The fourth-order valence-electron chi connectivity index (χ4n) is 3.12. The lowest BCUT2D eigenvalue weighted by Crippen LogP contribution is -2.45. The average Bonchev–Trinajstić information content (AvgIpc) is 2.54. The summed E-state index contributed by atoms with van der Waals surface area (Å²) in [5, 5.41) is 3.15. The minimum absolute atomic E-state index is 0.0949. The van der Waals surface area contributed by atoms with Crippen molar-refractivity contribution < 1.29 is 26.3 Å². The number of alkyl halides is 6. The molecular formula is C17H22F6N2. The number of benzene rings is 1. The summed E-state index contributed by atoms with van der Waals surface area (Å²) in [5.41, 5.74) is -2.39. The summed E-state index contributed by atoms with van der Waals surface area (Å²) in [6, 6.07) is 1.50. The smallest absolute Gasteiger partial charge is 0.314 e. The SMILES string of the molecule is CCCC[C@@H](c1cc(C(F)(F)F)cc(C(F)(F)F)c1)N1CCNCC1. The highest BCUT2D eigenvalue weighted by atomic mass is 19.4. The Morgan fingerprint density at radius 2 is 1.48 bits per heavy atom. The van der Waals surface area contributed by atoms with Gasteiger partial charge in [-0.2, -0.15) is 26.3 Å². The molecule has 2 rings (SSSR count). The van der Waals surface area contributed by atoms with E-state index in [1.165, 1.54) is 0 Å². The lowest BCUT2D eigenvalue weighted by atomic mass is 9.94. The van der Waals surface area contributed by atoms with Gasteiger partial charge in [0, 0.05) is 32.2 Å². The van der Waals surface area contributed by atoms with Gasteiger partial charge >= 0.3 is 12.4 Å². The second-order valence-electron chi connectivity index (χ2n) is 6.28. The minimum atomic E-state index is -4.81. The van der Waals surface area contributed by atoms with Crippen molar-refractivity contribution in [1.29, 1.82) is 0 Å². The molecule has 1 saturated heterocycles. The van der Waals surface area contributed by atoms with Crippen LogP contribution in [0.1, 0.15) is 48.9 Å². The van der Waals surface area contributed by atoms with Crippen LogP contribution in [0.3, 0.4) is 0 Å². The van der Waals surface area contributed by atoms with Crippen LogP contribution in [0.2, 0.25) is 0 Å². The maximum atomic E-state index is 13.1. The number of halogens is 6. The first-order valence-corrected chi connectivity index (χ1v) is 8.37. The third kappa shape index (κ3) is 5.34. The number of nitrogens with zero attached hydrogens (tertiary/aromatic N) is 1. The standard InChI is InChI=1S/C17H22F6N2/c1-2-3-4-15(25-7-5-24-6-8-25)12-9-13(16(18,19)20)11-14(10-12)17(21,22)23/h9-11,15,24H,2-8H2,1H3/t15-/m0/s1. The summed E-state index contributed by atoms with van der Waals surface area (Å²) < 4.78 is 78.6. The lowest BCUT2D eigenvalue weighted by molar-refractivity contribution is -0.143. The van der Waals surface area contributed by atoms with E-state index in [0.29, 0.717) is 32.6 Å². The Hall–Kier alpha value is -1.28. The second kappa shape index (κ2) is 7.95. The van der Waals surface area contributed by atoms with E-state index >= 15 is 0 Å². The molecule has 1 atom stereocenters. The zero-order valence-corrected chi connectivity index (χ0v) is 14.0. The molecule has 0 bridgehead atoms. The number of piperazine rings is 1. The summed E-state index contributed by atoms with van der Waals surface area (Å²) in [6.07, 6.45) is -7.52. The van der Waals surface area contributed by atoms with E-state index in [2.05, 4.69) is 5.32 Å². The molecule has 1 N–H and O–H groups in total. The molecule has 2 nitrogen and oxygen atoms in total. The Kier molecular flexibility index (Phi) is 6.37. The van der Waals surface area contributed by atoms with Crippen LogP contribution in [0.5, 0.6) is 0 Å². The Labute approximate surface area is 143 Å². The van der Waals surface area contributed by atoms with Crippen molar-refractivity contribution in [3.05, 3.63) is 34.9 Å². The minimum Gasteiger partial charge on any atom is -0.314 e. The molecule has 0 aromatic heterocycles. The van der Waals surface area contributed by atoms with E-state index in [1.54, 1.807) is 0 Å². The van der Waals surface area contributed by atoms with Crippen molar-refractivity contribution in [3.63, 3.8) is 0 Å². The van der Waals surface area contributed by atoms with E-state index < -0.39 is 29.5 Å². The van der Waals surface area contributed by atoms with E-state index in [0.717, 1.165) is 25.0 Å². The summed E-state index contributed by atoms with van der Waals surface area (Å²) in [6.45, 7) is 4.50. The molecule has 0 aliphatic carbocycles. The molecule has 0 unspecified atom stereocenters. The predicted molar refractivity (Wildman–Crippen MR) is 83.2 cm³/mol. The highest BCUT2D eigenvalue weighted by Gasteiger charge is 2.38. The predicted octanol–water partition coefficient (Wildman–Crippen LogP) is 4.86. The molecule has 1 fully saturated rings. The van der Waals surface area contributed by atoms with E-state index in [9.17, 15) is 26.3 Å².